The van der Waals surface area contributed by atoms with Crippen LogP contribution in [0.5, 0.6) is 0 Å². The Bertz CT molecular complexity index is 556. The molecule has 102 valence electrons. The van der Waals surface area contributed by atoms with Crippen LogP contribution < -0.4 is 0 Å². The maximum absolute atomic E-state index is 11.3. The Labute approximate surface area is 118 Å². The van der Waals surface area contributed by atoms with Crippen LogP contribution in [0.1, 0.15) is 17.2 Å². The minimum Gasteiger partial charge on any atom is -0.303 e. The molecule has 1 aliphatic rings. The lowest BCUT2D eigenvalue weighted by molar-refractivity contribution is -0.141. The van der Waals surface area contributed by atoms with Crippen molar-refractivity contribution in [3.8, 4) is 0 Å². The molecule has 3 nitrogen and oxygen atoms in total. The second kappa shape index (κ2) is 5.99. The number of hydroxylamine groups is 2. The van der Waals surface area contributed by atoms with Gasteiger partial charge in [-0.15, -0.1) is 0 Å². The highest BCUT2D eigenvalue weighted by atomic mass is 16.7. The number of benzene rings is 2. The fraction of sp³-hybridized carbons (Fsp3) is 0.235. The monoisotopic (exact) mass is 267 g/mol. The molecule has 2 atom stereocenters. The molecule has 0 unspecified atom stereocenters. The largest absolute Gasteiger partial charge is 0.303 e. The first kappa shape index (κ1) is 13.0. The lowest BCUT2D eigenvalue weighted by atomic mass is 9.95. The van der Waals surface area contributed by atoms with Crippen molar-refractivity contribution >= 4 is 6.29 Å². The van der Waals surface area contributed by atoms with Crippen LogP contribution in [-0.4, -0.2) is 18.0 Å². The van der Waals surface area contributed by atoms with Gasteiger partial charge in [0, 0.05) is 6.54 Å². The minimum atomic E-state index is -0.110. The first-order valence-corrected chi connectivity index (χ1v) is 6.82. The van der Waals surface area contributed by atoms with Crippen LogP contribution in [0.4, 0.5) is 0 Å². The summed E-state index contributed by atoms with van der Waals surface area (Å²) in [5.74, 6) is -0.110. The molecule has 0 bridgehead atoms. The molecule has 3 heteroatoms. The Morgan fingerprint density at radius 1 is 1.05 bits per heavy atom. The van der Waals surface area contributed by atoms with Crippen LogP contribution in [0.2, 0.25) is 0 Å². The van der Waals surface area contributed by atoms with Gasteiger partial charge in [0.25, 0.3) is 0 Å². The summed E-state index contributed by atoms with van der Waals surface area (Å²) in [4.78, 5) is 17.0. The molecule has 0 saturated carbocycles. The summed E-state index contributed by atoms with van der Waals surface area (Å²) < 4.78 is 0. The van der Waals surface area contributed by atoms with Crippen LogP contribution >= 0.6 is 0 Å². The third kappa shape index (κ3) is 2.64. The number of aldehydes is 1. The fourth-order valence-corrected chi connectivity index (χ4v) is 2.65. The molecule has 0 amide bonds. The van der Waals surface area contributed by atoms with Gasteiger partial charge >= 0.3 is 0 Å². The van der Waals surface area contributed by atoms with E-state index in [2.05, 4.69) is 12.1 Å². The molecule has 0 radical (unpaired) electrons. The van der Waals surface area contributed by atoms with Gasteiger partial charge in [-0.05, 0) is 11.1 Å². The van der Waals surface area contributed by atoms with Crippen molar-refractivity contribution in [2.75, 3.05) is 6.61 Å². The SMILES string of the molecule is O=C[C@@H]1CON(Cc2ccccc2)[C@@H]1c1ccccc1. The van der Waals surface area contributed by atoms with Gasteiger partial charge in [0.15, 0.2) is 0 Å². The first-order valence-electron chi connectivity index (χ1n) is 6.82. The molecule has 0 aromatic heterocycles. The highest BCUT2D eigenvalue weighted by molar-refractivity contribution is 5.56. The highest BCUT2D eigenvalue weighted by Crippen LogP contribution is 2.35. The third-order valence-electron chi connectivity index (χ3n) is 3.65. The zero-order chi connectivity index (χ0) is 13.8. The molecule has 1 heterocycles. The van der Waals surface area contributed by atoms with Crippen molar-refractivity contribution in [3.05, 3.63) is 71.8 Å². The van der Waals surface area contributed by atoms with E-state index in [1.807, 2.05) is 53.6 Å². The van der Waals surface area contributed by atoms with E-state index < -0.39 is 0 Å². The lowest BCUT2D eigenvalue weighted by Crippen LogP contribution is -2.24. The minimum absolute atomic E-state index is 0.00564. The maximum Gasteiger partial charge on any atom is 0.127 e. The Morgan fingerprint density at radius 3 is 2.35 bits per heavy atom. The topological polar surface area (TPSA) is 29.5 Å². The molecule has 2 aromatic carbocycles. The van der Waals surface area contributed by atoms with E-state index in [9.17, 15) is 4.79 Å². The molecule has 2 aromatic rings. The van der Waals surface area contributed by atoms with Crippen LogP contribution in [0.25, 0.3) is 0 Å². The quantitative estimate of drug-likeness (QED) is 0.798. The van der Waals surface area contributed by atoms with Gasteiger partial charge in [-0.1, -0.05) is 60.7 Å². The zero-order valence-electron chi connectivity index (χ0n) is 11.2. The second-order valence-corrected chi connectivity index (χ2v) is 5.01. The van der Waals surface area contributed by atoms with Gasteiger partial charge in [0.1, 0.15) is 6.29 Å². The number of nitrogens with zero attached hydrogens (tertiary/aromatic N) is 1. The van der Waals surface area contributed by atoms with Crippen molar-refractivity contribution in [3.63, 3.8) is 0 Å². The van der Waals surface area contributed by atoms with Crippen molar-refractivity contribution in [1.82, 2.24) is 5.06 Å². The van der Waals surface area contributed by atoms with Crippen LogP contribution in [-0.2, 0) is 16.2 Å². The Morgan fingerprint density at radius 2 is 1.70 bits per heavy atom. The lowest BCUT2D eigenvalue weighted by Gasteiger charge is -2.24. The number of carbonyl (C=O) groups is 1. The molecule has 1 saturated heterocycles. The molecule has 0 N–H and O–H groups in total. The van der Waals surface area contributed by atoms with E-state index >= 15 is 0 Å². The number of hydrogen-bond donors (Lipinski definition) is 0. The second-order valence-electron chi connectivity index (χ2n) is 5.01. The van der Waals surface area contributed by atoms with E-state index in [1.165, 1.54) is 5.56 Å². The summed E-state index contributed by atoms with van der Waals surface area (Å²) >= 11 is 0. The van der Waals surface area contributed by atoms with Crippen molar-refractivity contribution in [1.29, 1.82) is 0 Å². The van der Waals surface area contributed by atoms with Gasteiger partial charge < -0.3 is 4.79 Å². The molecular formula is C17H17NO2. The number of carbonyl (C=O) groups excluding carboxylic acids is 1. The maximum atomic E-state index is 11.3. The van der Waals surface area contributed by atoms with Crippen LogP contribution in [0.15, 0.2) is 60.7 Å². The number of hydrogen-bond acceptors (Lipinski definition) is 3. The zero-order valence-corrected chi connectivity index (χ0v) is 11.2. The van der Waals surface area contributed by atoms with Crippen LogP contribution in [0, 0.1) is 5.92 Å². The predicted molar refractivity (Wildman–Crippen MR) is 76.7 cm³/mol. The smallest absolute Gasteiger partial charge is 0.127 e. The predicted octanol–water partition coefficient (Wildman–Crippen LogP) is 2.99. The molecule has 0 spiro atoms. The average Bonchev–Trinajstić information content (AvgIpc) is 2.92. The average molecular weight is 267 g/mol. The fourth-order valence-electron chi connectivity index (χ4n) is 2.65. The first-order chi connectivity index (χ1) is 9.88. The Kier molecular flexibility index (Phi) is 3.90. The molecule has 0 aliphatic carbocycles. The van der Waals surface area contributed by atoms with E-state index in [1.54, 1.807) is 0 Å². The van der Waals surface area contributed by atoms with E-state index in [0.29, 0.717) is 13.2 Å². The van der Waals surface area contributed by atoms with Gasteiger partial charge in [-0.25, -0.2) is 0 Å². The summed E-state index contributed by atoms with van der Waals surface area (Å²) in [6.45, 7) is 1.14. The van der Waals surface area contributed by atoms with Crippen LogP contribution in [0.3, 0.4) is 0 Å². The molecule has 1 aliphatic heterocycles. The summed E-state index contributed by atoms with van der Waals surface area (Å²) in [6, 6.07) is 20.2. The van der Waals surface area contributed by atoms with Crippen molar-refractivity contribution < 1.29 is 9.63 Å². The Hall–Kier alpha value is -1.97. The summed E-state index contributed by atoms with van der Waals surface area (Å²) in [5.41, 5.74) is 2.30. The standard InChI is InChI=1S/C17H17NO2/c19-12-16-13-20-18(11-14-7-3-1-4-8-14)17(16)15-9-5-2-6-10-15/h1-10,12,16-17H,11,13H2/t16-,17-/m1/s1. The van der Waals surface area contributed by atoms with E-state index in [-0.39, 0.29) is 12.0 Å². The van der Waals surface area contributed by atoms with E-state index in [4.69, 9.17) is 4.84 Å². The number of rotatable bonds is 4. The Balaban J connectivity index is 1.84. The van der Waals surface area contributed by atoms with Gasteiger partial charge in [-0.3, -0.25) is 4.84 Å². The highest BCUT2D eigenvalue weighted by Gasteiger charge is 2.36. The van der Waals surface area contributed by atoms with Gasteiger partial charge in [-0.2, -0.15) is 5.06 Å². The van der Waals surface area contributed by atoms with Crippen molar-refractivity contribution in [2.24, 2.45) is 5.92 Å². The summed E-state index contributed by atoms with van der Waals surface area (Å²) in [7, 11) is 0. The molecule has 20 heavy (non-hydrogen) atoms. The third-order valence-corrected chi connectivity index (χ3v) is 3.65. The normalized spacial score (nSPS) is 22.8. The molecule has 3 rings (SSSR count). The van der Waals surface area contributed by atoms with E-state index in [0.717, 1.165) is 11.8 Å². The summed E-state index contributed by atoms with van der Waals surface area (Å²) in [5, 5.41) is 1.92. The summed E-state index contributed by atoms with van der Waals surface area (Å²) in [6.07, 6.45) is 1.00. The molecular weight excluding hydrogens is 250 g/mol. The van der Waals surface area contributed by atoms with Gasteiger partial charge in [0.2, 0.25) is 0 Å². The van der Waals surface area contributed by atoms with Gasteiger partial charge in [0.05, 0.1) is 18.6 Å². The molecule has 1 fully saturated rings. The van der Waals surface area contributed by atoms with Crippen molar-refractivity contribution in [2.45, 2.75) is 12.6 Å².